The highest BCUT2D eigenvalue weighted by atomic mass is 16.3. The Bertz CT molecular complexity index is 796. The summed E-state index contributed by atoms with van der Waals surface area (Å²) < 4.78 is 1.75. The average molecular weight is 308 g/mol. The molecule has 23 heavy (non-hydrogen) atoms. The molecular formula is C17H16N4O2. The first kappa shape index (κ1) is 14.9. The van der Waals surface area contributed by atoms with Crippen molar-refractivity contribution in [3.63, 3.8) is 0 Å². The number of rotatable bonds is 4. The third-order valence-corrected chi connectivity index (χ3v) is 3.44. The van der Waals surface area contributed by atoms with E-state index in [4.69, 9.17) is 0 Å². The molecule has 2 N–H and O–H groups in total. The molecule has 0 bridgehead atoms. The molecule has 0 spiro atoms. The molecule has 2 heterocycles. The summed E-state index contributed by atoms with van der Waals surface area (Å²) in [6.45, 7) is 1.66. The van der Waals surface area contributed by atoms with Crippen molar-refractivity contribution in [2.24, 2.45) is 0 Å². The lowest BCUT2D eigenvalue weighted by molar-refractivity contribution is 0.102. The molecule has 0 saturated carbocycles. The van der Waals surface area contributed by atoms with Crippen molar-refractivity contribution in [3.8, 4) is 5.82 Å². The zero-order chi connectivity index (χ0) is 16.2. The van der Waals surface area contributed by atoms with Crippen LogP contribution >= 0.6 is 0 Å². The Morgan fingerprint density at radius 3 is 2.74 bits per heavy atom. The molecule has 2 aromatic heterocycles. The second kappa shape index (κ2) is 6.41. The van der Waals surface area contributed by atoms with E-state index in [-0.39, 0.29) is 5.91 Å². The minimum absolute atomic E-state index is 0.275. The van der Waals surface area contributed by atoms with Crippen LogP contribution < -0.4 is 5.32 Å². The number of aliphatic hydroxyl groups is 1. The molecule has 1 amide bonds. The molecule has 0 fully saturated rings. The van der Waals surface area contributed by atoms with Gasteiger partial charge >= 0.3 is 0 Å². The molecule has 0 aliphatic carbocycles. The number of hydrogen-bond acceptors (Lipinski definition) is 4. The topological polar surface area (TPSA) is 80.0 Å². The van der Waals surface area contributed by atoms with Gasteiger partial charge in [-0.25, -0.2) is 9.97 Å². The third kappa shape index (κ3) is 3.27. The zero-order valence-corrected chi connectivity index (χ0v) is 12.5. The van der Waals surface area contributed by atoms with Crippen LogP contribution in [0.5, 0.6) is 0 Å². The van der Waals surface area contributed by atoms with Gasteiger partial charge < -0.3 is 10.4 Å². The summed E-state index contributed by atoms with van der Waals surface area (Å²) in [4.78, 5) is 20.5. The van der Waals surface area contributed by atoms with E-state index in [0.29, 0.717) is 22.6 Å². The van der Waals surface area contributed by atoms with Crippen molar-refractivity contribution in [1.29, 1.82) is 0 Å². The third-order valence-electron chi connectivity index (χ3n) is 3.44. The van der Waals surface area contributed by atoms with Crippen molar-refractivity contribution in [3.05, 3.63) is 72.4 Å². The van der Waals surface area contributed by atoms with Gasteiger partial charge in [0.05, 0.1) is 11.7 Å². The standard InChI is InChI=1S/C17H16N4O2/c1-12(22)14-4-2-3-5-15(14)20-17(23)13-6-7-16(19-10-13)21-9-8-18-11-21/h2-12,22H,1H3,(H,20,23). The van der Waals surface area contributed by atoms with Gasteiger partial charge in [0.15, 0.2) is 0 Å². The molecule has 0 aliphatic heterocycles. The normalized spacial score (nSPS) is 11.9. The van der Waals surface area contributed by atoms with E-state index in [1.165, 1.54) is 6.20 Å². The molecule has 0 saturated heterocycles. The molecule has 1 aromatic carbocycles. The van der Waals surface area contributed by atoms with Gasteiger partial charge in [-0.05, 0) is 25.1 Å². The minimum Gasteiger partial charge on any atom is -0.389 e. The average Bonchev–Trinajstić information content (AvgIpc) is 3.10. The van der Waals surface area contributed by atoms with E-state index < -0.39 is 6.10 Å². The van der Waals surface area contributed by atoms with Crippen LogP contribution in [0.15, 0.2) is 61.3 Å². The van der Waals surface area contributed by atoms with Crippen LogP contribution in [0.3, 0.4) is 0 Å². The van der Waals surface area contributed by atoms with Gasteiger partial charge in [0.2, 0.25) is 0 Å². The Hall–Kier alpha value is -2.99. The fraction of sp³-hybridized carbons (Fsp3) is 0.118. The predicted molar refractivity (Wildman–Crippen MR) is 86.4 cm³/mol. The van der Waals surface area contributed by atoms with Crippen LogP contribution in [-0.2, 0) is 0 Å². The zero-order valence-electron chi connectivity index (χ0n) is 12.5. The highest BCUT2D eigenvalue weighted by Gasteiger charge is 2.12. The van der Waals surface area contributed by atoms with Gasteiger partial charge in [-0.15, -0.1) is 0 Å². The Kier molecular flexibility index (Phi) is 4.16. The molecule has 6 heteroatoms. The summed E-state index contributed by atoms with van der Waals surface area (Å²) in [6, 6.07) is 10.6. The smallest absolute Gasteiger partial charge is 0.257 e. The van der Waals surface area contributed by atoms with Gasteiger partial charge in [0, 0.05) is 29.8 Å². The SMILES string of the molecule is CC(O)c1ccccc1NC(=O)c1ccc(-n2ccnc2)nc1. The Balaban J connectivity index is 1.79. The number of carbonyl (C=O) groups is 1. The monoisotopic (exact) mass is 308 g/mol. The number of carbonyl (C=O) groups excluding carboxylic acids is 1. The number of nitrogens with zero attached hydrogens (tertiary/aromatic N) is 3. The Morgan fingerprint density at radius 1 is 1.26 bits per heavy atom. The van der Waals surface area contributed by atoms with Crippen LogP contribution in [0.4, 0.5) is 5.69 Å². The van der Waals surface area contributed by atoms with Crippen LogP contribution in [0, 0.1) is 0 Å². The lowest BCUT2D eigenvalue weighted by Gasteiger charge is -2.13. The van der Waals surface area contributed by atoms with Crippen LogP contribution in [-0.4, -0.2) is 25.5 Å². The van der Waals surface area contributed by atoms with Gasteiger partial charge in [-0.1, -0.05) is 18.2 Å². The number of aromatic nitrogens is 3. The van der Waals surface area contributed by atoms with Crippen molar-refractivity contribution in [1.82, 2.24) is 14.5 Å². The van der Waals surface area contributed by atoms with Gasteiger partial charge in [0.25, 0.3) is 5.91 Å². The number of aliphatic hydroxyl groups excluding tert-OH is 1. The lowest BCUT2D eigenvalue weighted by Crippen LogP contribution is -2.14. The summed E-state index contributed by atoms with van der Waals surface area (Å²) in [5.41, 5.74) is 1.70. The molecule has 116 valence electrons. The molecular weight excluding hydrogens is 292 g/mol. The van der Waals surface area contributed by atoms with E-state index in [1.807, 2.05) is 12.1 Å². The minimum atomic E-state index is -0.659. The fourth-order valence-corrected chi connectivity index (χ4v) is 2.24. The van der Waals surface area contributed by atoms with Crippen molar-refractivity contribution in [2.75, 3.05) is 5.32 Å². The first-order valence-electron chi connectivity index (χ1n) is 7.18. The molecule has 3 rings (SSSR count). The van der Waals surface area contributed by atoms with Crippen molar-refractivity contribution >= 4 is 11.6 Å². The number of anilines is 1. The number of pyridine rings is 1. The van der Waals surface area contributed by atoms with E-state index >= 15 is 0 Å². The number of nitrogens with one attached hydrogen (secondary N) is 1. The number of amides is 1. The highest BCUT2D eigenvalue weighted by Crippen LogP contribution is 2.22. The van der Waals surface area contributed by atoms with E-state index in [2.05, 4.69) is 15.3 Å². The summed E-state index contributed by atoms with van der Waals surface area (Å²) in [5.74, 6) is 0.409. The first-order valence-corrected chi connectivity index (χ1v) is 7.18. The Labute approximate surface area is 133 Å². The maximum atomic E-state index is 12.3. The van der Waals surface area contributed by atoms with Crippen molar-refractivity contribution < 1.29 is 9.90 Å². The largest absolute Gasteiger partial charge is 0.389 e. The Morgan fingerprint density at radius 2 is 2.09 bits per heavy atom. The van der Waals surface area contributed by atoms with Crippen LogP contribution in [0.1, 0.15) is 28.9 Å². The summed E-state index contributed by atoms with van der Waals surface area (Å²) in [7, 11) is 0. The fourth-order valence-electron chi connectivity index (χ4n) is 2.24. The molecule has 0 aliphatic rings. The van der Waals surface area contributed by atoms with Gasteiger partial charge in [-0.2, -0.15) is 0 Å². The lowest BCUT2D eigenvalue weighted by atomic mass is 10.1. The second-order valence-corrected chi connectivity index (χ2v) is 5.09. The molecule has 6 nitrogen and oxygen atoms in total. The first-order chi connectivity index (χ1) is 11.1. The van der Waals surface area contributed by atoms with Gasteiger partial charge in [-0.3, -0.25) is 9.36 Å². The number of imidazole rings is 1. The summed E-state index contributed by atoms with van der Waals surface area (Å²) in [5, 5.41) is 12.6. The van der Waals surface area contributed by atoms with Crippen molar-refractivity contribution in [2.45, 2.75) is 13.0 Å². The maximum absolute atomic E-state index is 12.3. The van der Waals surface area contributed by atoms with Crippen LogP contribution in [0.2, 0.25) is 0 Å². The highest BCUT2D eigenvalue weighted by molar-refractivity contribution is 6.04. The van der Waals surface area contributed by atoms with Gasteiger partial charge in [0.1, 0.15) is 12.1 Å². The maximum Gasteiger partial charge on any atom is 0.257 e. The van der Waals surface area contributed by atoms with Crippen LogP contribution in [0.25, 0.3) is 5.82 Å². The summed E-state index contributed by atoms with van der Waals surface area (Å²) in [6.07, 6.45) is 5.93. The quantitative estimate of drug-likeness (QED) is 0.776. The number of para-hydroxylation sites is 1. The van der Waals surface area contributed by atoms with E-state index in [0.717, 1.165) is 0 Å². The molecule has 0 radical (unpaired) electrons. The summed E-state index contributed by atoms with van der Waals surface area (Å²) >= 11 is 0. The molecule has 3 aromatic rings. The predicted octanol–water partition coefficient (Wildman–Crippen LogP) is 2.57. The van der Waals surface area contributed by atoms with E-state index in [9.17, 15) is 9.90 Å². The second-order valence-electron chi connectivity index (χ2n) is 5.09. The molecule has 1 atom stereocenters. The van der Waals surface area contributed by atoms with E-state index in [1.54, 1.807) is 54.5 Å². The number of hydrogen-bond donors (Lipinski definition) is 2. The molecule has 1 unspecified atom stereocenters. The number of benzene rings is 1.